The van der Waals surface area contributed by atoms with Crippen molar-refractivity contribution in [3.8, 4) is 5.75 Å². The molecule has 0 saturated carbocycles. The van der Waals surface area contributed by atoms with Gasteiger partial charge in [0.15, 0.2) is 0 Å². The molecule has 0 saturated heterocycles. The lowest BCUT2D eigenvalue weighted by Gasteiger charge is -2.18. The van der Waals surface area contributed by atoms with E-state index in [0.717, 1.165) is 24.5 Å². The molecule has 3 heteroatoms. The van der Waals surface area contributed by atoms with E-state index in [1.807, 2.05) is 18.2 Å². The van der Waals surface area contributed by atoms with Crippen molar-refractivity contribution in [2.24, 2.45) is 5.92 Å². The zero-order chi connectivity index (χ0) is 13.4. The Bertz CT molecular complexity index is 339. The van der Waals surface area contributed by atoms with Crippen molar-refractivity contribution in [2.45, 2.75) is 33.2 Å². The molecule has 18 heavy (non-hydrogen) atoms. The molecule has 0 aliphatic rings. The van der Waals surface area contributed by atoms with Crippen LogP contribution in [0.5, 0.6) is 5.75 Å². The van der Waals surface area contributed by atoms with Crippen LogP contribution in [0, 0.1) is 5.92 Å². The lowest BCUT2D eigenvalue weighted by Crippen LogP contribution is -2.23. The van der Waals surface area contributed by atoms with E-state index in [0.29, 0.717) is 18.6 Å². The van der Waals surface area contributed by atoms with Crippen LogP contribution in [0.15, 0.2) is 24.3 Å². The molecule has 0 bridgehead atoms. The van der Waals surface area contributed by atoms with Gasteiger partial charge in [0.05, 0.1) is 13.2 Å². The van der Waals surface area contributed by atoms with Crippen LogP contribution >= 0.6 is 0 Å². The van der Waals surface area contributed by atoms with Crippen molar-refractivity contribution in [2.75, 3.05) is 25.6 Å². The van der Waals surface area contributed by atoms with Crippen LogP contribution in [-0.2, 0) is 4.74 Å². The third-order valence-corrected chi connectivity index (χ3v) is 2.65. The maximum Gasteiger partial charge on any atom is 0.121 e. The highest BCUT2D eigenvalue weighted by molar-refractivity contribution is 5.48. The second-order valence-corrected chi connectivity index (χ2v) is 4.94. The Morgan fingerprint density at radius 2 is 2.00 bits per heavy atom. The number of rotatable bonds is 8. The van der Waals surface area contributed by atoms with Gasteiger partial charge in [0.2, 0.25) is 0 Å². The molecular weight excluding hydrogens is 226 g/mol. The van der Waals surface area contributed by atoms with Crippen molar-refractivity contribution in [1.82, 2.24) is 0 Å². The zero-order valence-corrected chi connectivity index (χ0v) is 11.9. The molecule has 1 aromatic rings. The molecule has 0 heterocycles. The maximum atomic E-state index is 5.71. The Balaban J connectivity index is 2.57. The molecule has 1 atom stereocenters. The summed E-state index contributed by atoms with van der Waals surface area (Å²) in [6, 6.07) is 8.44. The third kappa shape index (κ3) is 5.41. The van der Waals surface area contributed by atoms with Gasteiger partial charge < -0.3 is 14.8 Å². The first-order valence-electron chi connectivity index (χ1n) is 6.64. The molecule has 1 unspecified atom stereocenters. The molecule has 0 aliphatic carbocycles. The Morgan fingerprint density at radius 3 is 2.61 bits per heavy atom. The van der Waals surface area contributed by atoms with Gasteiger partial charge in [0, 0.05) is 24.9 Å². The van der Waals surface area contributed by atoms with Gasteiger partial charge in [-0.3, -0.25) is 0 Å². The van der Waals surface area contributed by atoms with E-state index >= 15 is 0 Å². The second-order valence-electron chi connectivity index (χ2n) is 4.94. The average Bonchev–Trinajstić information content (AvgIpc) is 2.36. The Morgan fingerprint density at radius 1 is 1.22 bits per heavy atom. The maximum absolute atomic E-state index is 5.71. The summed E-state index contributed by atoms with van der Waals surface area (Å²) in [5, 5.41) is 3.45. The molecule has 0 aliphatic heterocycles. The van der Waals surface area contributed by atoms with Crippen molar-refractivity contribution in [3.05, 3.63) is 24.3 Å². The molecule has 0 aromatic heterocycles. The minimum absolute atomic E-state index is 0.343. The SMILES string of the molecule is CCC(COC)Nc1cccc(OCC(C)C)c1. The summed E-state index contributed by atoms with van der Waals surface area (Å²) in [5.74, 6) is 1.46. The van der Waals surface area contributed by atoms with Crippen molar-refractivity contribution < 1.29 is 9.47 Å². The fourth-order valence-corrected chi connectivity index (χ4v) is 1.64. The van der Waals surface area contributed by atoms with Gasteiger partial charge in [-0.2, -0.15) is 0 Å². The van der Waals surface area contributed by atoms with E-state index < -0.39 is 0 Å². The van der Waals surface area contributed by atoms with E-state index in [9.17, 15) is 0 Å². The molecule has 0 radical (unpaired) electrons. The number of nitrogens with one attached hydrogen (secondary N) is 1. The van der Waals surface area contributed by atoms with Crippen LogP contribution in [0.2, 0.25) is 0 Å². The molecule has 0 spiro atoms. The largest absolute Gasteiger partial charge is 0.493 e. The normalized spacial score (nSPS) is 12.5. The summed E-state index contributed by atoms with van der Waals surface area (Å²) in [4.78, 5) is 0. The first-order valence-corrected chi connectivity index (χ1v) is 6.64. The zero-order valence-electron chi connectivity index (χ0n) is 11.9. The summed E-state index contributed by atoms with van der Waals surface area (Å²) in [7, 11) is 1.73. The summed E-state index contributed by atoms with van der Waals surface area (Å²) < 4.78 is 10.9. The Kier molecular flexibility index (Phi) is 6.58. The highest BCUT2D eigenvalue weighted by atomic mass is 16.5. The van der Waals surface area contributed by atoms with E-state index in [2.05, 4.69) is 32.2 Å². The highest BCUT2D eigenvalue weighted by Crippen LogP contribution is 2.19. The third-order valence-electron chi connectivity index (χ3n) is 2.65. The van der Waals surface area contributed by atoms with Crippen molar-refractivity contribution in [1.29, 1.82) is 0 Å². The number of ether oxygens (including phenoxy) is 2. The molecule has 1 aromatic carbocycles. The number of hydrogen-bond acceptors (Lipinski definition) is 3. The molecule has 1 N–H and O–H groups in total. The van der Waals surface area contributed by atoms with Crippen LogP contribution < -0.4 is 10.1 Å². The van der Waals surface area contributed by atoms with E-state index in [1.54, 1.807) is 7.11 Å². The van der Waals surface area contributed by atoms with Crippen LogP contribution in [0.25, 0.3) is 0 Å². The first-order chi connectivity index (χ1) is 8.65. The molecular formula is C15H25NO2. The number of methoxy groups -OCH3 is 1. The molecule has 1 rings (SSSR count). The Labute approximate surface area is 110 Å². The number of benzene rings is 1. The second kappa shape index (κ2) is 7.98. The van der Waals surface area contributed by atoms with Gasteiger partial charge in [-0.15, -0.1) is 0 Å². The highest BCUT2D eigenvalue weighted by Gasteiger charge is 2.06. The van der Waals surface area contributed by atoms with Crippen LogP contribution in [0.1, 0.15) is 27.2 Å². The quantitative estimate of drug-likeness (QED) is 0.766. The van der Waals surface area contributed by atoms with Crippen molar-refractivity contribution >= 4 is 5.69 Å². The standard InChI is InChI=1S/C15H25NO2/c1-5-13(11-17-4)16-14-7-6-8-15(9-14)18-10-12(2)3/h6-9,12-13,16H,5,10-11H2,1-4H3. The van der Waals surface area contributed by atoms with Gasteiger partial charge in [-0.25, -0.2) is 0 Å². The van der Waals surface area contributed by atoms with Crippen molar-refractivity contribution in [3.63, 3.8) is 0 Å². The van der Waals surface area contributed by atoms with Crippen LogP contribution in [0.4, 0.5) is 5.69 Å². The first kappa shape index (κ1) is 14.8. The van der Waals surface area contributed by atoms with E-state index in [-0.39, 0.29) is 0 Å². The topological polar surface area (TPSA) is 30.5 Å². The molecule has 3 nitrogen and oxygen atoms in total. The van der Waals surface area contributed by atoms with Crippen LogP contribution in [0.3, 0.4) is 0 Å². The lowest BCUT2D eigenvalue weighted by molar-refractivity contribution is 0.184. The fraction of sp³-hybridized carbons (Fsp3) is 0.600. The van der Waals surface area contributed by atoms with Gasteiger partial charge >= 0.3 is 0 Å². The van der Waals surface area contributed by atoms with Gasteiger partial charge in [0.1, 0.15) is 5.75 Å². The molecule has 102 valence electrons. The monoisotopic (exact) mass is 251 g/mol. The van der Waals surface area contributed by atoms with E-state index in [4.69, 9.17) is 9.47 Å². The predicted octanol–water partition coefficient (Wildman–Crippen LogP) is 3.56. The number of anilines is 1. The predicted molar refractivity (Wildman–Crippen MR) is 76.4 cm³/mol. The van der Waals surface area contributed by atoms with Gasteiger partial charge in [-0.1, -0.05) is 26.8 Å². The summed E-state index contributed by atoms with van der Waals surface area (Å²) in [6.07, 6.45) is 1.03. The summed E-state index contributed by atoms with van der Waals surface area (Å²) in [6.45, 7) is 7.91. The van der Waals surface area contributed by atoms with Gasteiger partial charge in [-0.05, 0) is 24.5 Å². The number of hydrogen-bond donors (Lipinski definition) is 1. The van der Waals surface area contributed by atoms with E-state index in [1.165, 1.54) is 0 Å². The molecule has 0 fully saturated rings. The average molecular weight is 251 g/mol. The minimum Gasteiger partial charge on any atom is -0.493 e. The smallest absolute Gasteiger partial charge is 0.121 e. The summed E-state index contributed by atoms with van der Waals surface area (Å²) in [5.41, 5.74) is 1.08. The van der Waals surface area contributed by atoms with Crippen LogP contribution in [-0.4, -0.2) is 26.4 Å². The Hall–Kier alpha value is -1.22. The molecule has 0 amide bonds. The fourth-order valence-electron chi connectivity index (χ4n) is 1.64. The summed E-state index contributed by atoms with van der Waals surface area (Å²) >= 11 is 0. The van der Waals surface area contributed by atoms with Gasteiger partial charge in [0.25, 0.3) is 0 Å². The lowest BCUT2D eigenvalue weighted by atomic mass is 10.2. The minimum atomic E-state index is 0.343.